The van der Waals surface area contributed by atoms with Crippen molar-refractivity contribution in [2.75, 3.05) is 6.54 Å². The van der Waals surface area contributed by atoms with Crippen molar-refractivity contribution in [2.45, 2.75) is 13.1 Å². The third-order valence-corrected chi connectivity index (χ3v) is 1.60. The van der Waals surface area contributed by atoms with E-state index < -0.39 is 18.6 Å². The molecule has 15 heavy (non-hydrogen) atoms. The van der Waals surface area contributed by atoms with Crippen LogP contribution in [-0.2, 0) is 0 Å². The molecule has 1 amide bonds. The van der Waals surface area contributed by atoms with Gasteiger partial charge in [-0.05, 0) is 24.6 Å². The summed E-state index contributed by atoms with van der Waals surface area (Å²) in [4.78, 5) is 14.8. The number of alkyl halides is 3. The second-order valence-electron chi connectivity index (χ2n) is 3.02. The van der Waals surface area contributed by atoms with E-state index in [9.17, 15) is 18.0 Å². The average Bonchev–Trinajstić information content (AvgIpc) is 2.13. The number of halogens is 3. The summed E-state index contributed by atoms with van der Waals surface area (Å²) in [5.41, 5.74) is 0.751. The van der Waals surface area contributed by atoms with E-state index in [2.05, 4.69) is 4.98 Å². The van der Waals surface area contributed by atoms with Crippen LogP contribution in [0.3, 0.4) is 0 Å². The van der Waals surface area contributed by atoms with Crippen molar-refractivity contribution in [3.05, 3.63) is 29.6 Å². The molecule has 0 spiro atoms. The van der Waals surface area contributed by atoms with E-state index in [1.807, 2.05) is 0 Å². The molecular weight excluding hydrogens is 209 g/mol. The lowest BCUT2D eigenvalue weighted by Gasteiger charge is -2.07. The van der Waals surface area contributed by atoms with Gasteiger partial charge in [0.15, 0.2) is 0 Å². The summed E-state index contributed by atoms with van der Waals surface area (Å²) >= 11 is 0. The average molecular weight is 218 g/mol. The molecule has 0 radical (unpaired) electrons. The number of carbonyl (C=O) groups is 1. The minimum atomic E-state index is -4.40. The summed E-state index contributed by atoms with van der Waals surface area (Å²) in [6.07, 6.45) is -3.03. The number of aromatic nitrogens is 1. The van der Waals surface area contributed by atoms with Gasteiger partial charge in [0.25, 0.3) is 5.91 Å². The molecule has 0 atom stereocenters. The molecule has 1 heterocycles. The van der Waals surface area contributed by atoms with E-state index in [4.69, 9.17) is 0 Å². The highest BCUT2D eigenvalue weighted by Gasteiger charge is 2.28. The van der Waals surface area contributed by atoms with Gasteiger partial charge in [-0.3, -0.25) is 9.78 Å². The third kappa shape index (κ3) is 3.97. The van der Waals surface area contributed by atoms with Crippen LogP contribution in [0.1, 0.15) is 16.1 Å². The van der Waals surface area contributed by atoms with Crippen LogP contribution >= 0.6 is 0 Å². The topological polar surface area (TPSA) is 42.0 Å². The van der Waals surface area contributed by atoms with Crippen molar-refractivity contribution < 1.29 is 18.0 Å². The van der Waals surface area contributed by atoms with Crippen LogP contribution in [-0.4, -0.2) is 23.6 Å². The van der Waals surface area contributed by atoms with E-state index >= 15 is 0 Å². The van der Waals surface area contributed by atoms with E-state index in [0.717, 1.165) is 5.56 Å². The number of hydrogen-bond donors (Lipinski definition) is 1. The summed E-state index contributed by atoms with van der Waals surface area (Å²) in [7, 11) is 0. The number of carbonyl (C=O) groups excluding carboxylic acids is 1. The molecule has 6 heteroatoms. The highest BCUT2D eigenvalue weighted by atomic mass is 19.4. The monoisotopic (exact) mass is 218 g/mol. The Morgan fingerprint density at radius 2 is 2.20 bits per heavy atom. The van der Waals surface area contributed by atoms with Gasteiger partial charge in [-0.1, -0.05) is 0 Å². The fraction of sp³-hybridized carbons (Fsp3) is 0.333. The molecule has 0 fully saturated rings. The van der Waals surface area contributed by atoms with Crippen molar-refractivity contribution in [1.82, 2.24) is 10.3 Å². The van der Waals surface area contributed by atoms with Crippen LogP contribution in [0.4, 0.5) is 13.2 Å². The number of amides is 1. The van der Waals surface area contributed by atoms with Crippen LogP contribution in [0.5, 0.6) is 0 Å². The number of nitrogens with zero attached hydrogens (tertiary/aromatic N) is 1. The maximum Gasteiger partial charge on any atom is 0.405 e. The van der Waals surface area contributed by atoms with Crippen LogP contribution in [0.15, 0.2) is 18.3 Å². The first-order valence-electron chi connectivity index (χ1n) is 4.16. The Hall–Kier alpha value is -1.59. The summed E-state index contributed by atoms with van der Waals surface area (Å²) in [6, 6.07) is 3.08. The van der Waals surface area contributed by atoms with Crippen LogP contribution in [0, 0.1) is 6.92 Å². The molecule has 1 N–H and O–H groups in total. The lowest BCUT2D eigenvalue weighted by Crippen LogP contribution is -2.34. The van der Waals surface area contributed by atoms with Crippen LogP contribution in [0.2, 0.25) is 0 Å². The maximum absolute atomic E-state index is 11.8. The van der Waals surface area contributed by atoms with Gasteiger partial charge in [0.1, 0.15) is 12.2 Å². The first-order valence-corrected chi connectivity index (χ1v) is 4.16. The summed E-state index contributed by atoms with van der Waals surface area (Å²) in [5, 5.41) is 1.74. The van der Waals surface area contributed by atoms with Crippen molar-refractivity contribution in [2.24, 2.45) is 0 Å². The highest BCUT2D eigenvalue weighted by Crippen LogP contribution is 2.12. The van der Waals surface area contributed by atoms with Gasteiger partial charge in [0.05, 0.1) is 0 Å². The van der Waals surface area contributed by atoms with Crippen molar-refractivity contribution in [1.29, 1.82) is 0 Å². The van der Waals surface area contributed by atoms with E-state index in [0.29, 0.717) is 0 Å². The zero-order valence-electron chi connectivity index (χ0n) is 7.93. The third-order valence-electron chi connectivity index (χ3n) is 1.60. The van der Waals surface area contributed by atoms with Gasteiger partial charge < -0.3 is 5.32 Å². The van der Waals surface area contributed by atoms with Gasteiger partial charge >= 0.3 is 6.18 Å². The Labute approximate surface area is 84.3 Å². The minimum Gasteiger partial charge on any atom is -0.342 e. The predicted octanol–water partition coefficient (Wildman–Crippen LogP) is 1.68. The molecule has 0 aliphatic heterocycles. The van der Waals surface area contributed by atoms with Gasteiger partial charge in [-0.25, -0.2) is 0 Å². The van der Waals surface area contributed by atoms with Crippen LogP contribution < -0.4 is 5.32 Å². The molecule has 0 aromatic carbocycles. The predicted molar refractivity (Wildman–Crippen MR) is 47.4 cm³/mol. The lowest BCUT2D eigenvalue weighted by molar-refractivity contribution is -0.123. The number of nitrogens with one attached hydrogen (secondary N) is 1. The molecule has 1 rings (SSSR count). The fourth-order valence-electron chi connectivity index (χ4n) is 0.931. The van der Waals surface area contributed by atoms with E-state index in [1.165, 1.54) is 12.3 Å². The van der Waals surface area contributed by atoms with Gasteiger partial charge in [0.2, 0.25) is 0 Å². The van der Waals surface area contributed by atoms with E-state index in [-0.39, 0.29) is 5.69 Å². The molecule has 1 aromatic rings. The Morgan fingerprint density at radius 1 is 1.53 bits per heavy atom. The zero-order valence-corrected chi connectivity index (χ0v) is 7.93. The molecular formula is C9H9F3N2O. The molecule has 0 bridgehead atoms. The molecule has 0 aliphatic carbocycles. The second kappa shape index (κ2) is 4.29. The molecule has 1 aromatic heterocycles. The van der Waals surface area contributed by atoms with Crippen molar-refractivity contribution in [3.63, 3.8) is 0 Å². The van der Waals surface area contributed by atoms with Gasteiger partial charge in [-0.2, -0.15) is 13.2 Å². The Balaban J connectivity index is 2.62. The Bertz CT molecular complexity index is 363. The lowest BCUT2D eigenvalue weighted by atomic mass is 10.2. The van der Waals surface area contributed by atoms with E-state index in [1.54, 1.807) is 18.3 Å². The smallest absolute Gasteiger partial charge is 0.342 e. The molecule has 0 aliphatic rings. The second-order valence-corrected chi connectivity index (χ2v) is 3.02. The minimum absolute atomic E-state index is 0.0146. The maximum atomic E-state index is 11.8. The Morgan fingerprint density at radius 3 is 2.73 bits per heavy atom. The van der Waals surface area contributed by atoms with Crippen molar-refractivity contribution in [3.8, 4) is 0 Å². The largest absolute Gasteiger partial charge is 0.405 e. The van der Waals surface area contributed by atoms with Crippen LogP contribution in [0.25, 0.3) is 0 Å². The normalized spacial score (nSPS) is 11.2. The number of aryl methyl sites for hydroxylation is 1. The molecule has 0 saturated carbocycles. The van der Waals surface area contributed by atoms with Crippen molar-refractivity contribution >= 4 is 5.91 Å². The number of rotatable bonds is 2. The summed E-state index contributed by atoms with van der Waals surface area (Å²) in [5.74, 6) is -0.823. The summed E-state index contributed by atoms with van der Waals surface area (Å²) in [6.45, 7) is 0.379. The quantitative estimate of drug-likeness (QED) is 0.820. The summed E-state index contributed by atoms with van der Waals surface area (Å²) < 4.78 is 35.3. The number of pyridine rings is 1. The molecule has 3 nitrogen and oxygen atoms in total. The van der Waals surface area contributed by atoms with Gasteiger partial charge in [0, 0.05) is 6.20 Å². The first kappa shape index (κ1) is 11.5. The zero-order chi connectivity index (χ0) is 11.5. The molecule has 0 saturated heterocycles. The highest BCUT2D eigenvalue weighted by molar-refractivity contribution is 5.92. The first-order chi connectivity index (χ1) is 6.88. The van der Waals surface area contributed by atoms with Gasteiger partial charge in [-0.15, -0.1) is 0 Å². The molecule has 0 unspecified atom stereocenters. The number of hydrogen-bond acceptors (Lipinski definition) is 2. The fourth-order valence-corrected chi connectivity index (χ4v) is 0.931. The Kier molecular flexibility index (Phi) is 3.28. The molecule has 82 valence electrons. The standard InChI is InChI=1S/C9H9F3N2O/c1-6-2-3-13-7(4-6)8(15)14-5-9(10,11)12/h2-4H,5H2,1H3,(H,14,15). The SMILES string of the molecule is Cc1ccnc(C(=O)NCC(F)(F)F)c1.